The van der Waals surface area contributed by atoms with Gasteiger partial charge in [-0.1, -0.05) is 24.3 Å². The summed E-state index contributed by atoms with van der Waals surface area (Å²) in [6.07, 6.45) is 2.46. The van der Waals surface area contributed by atoms with Crippen LogP contribution in [-0.2, 0) is 11.3 Å². The molecule has 1 aliphatic rings. The molecular formula is C19H27N5O3. The van der Waals surface area contributed by atoms with E-state index in [0.717, 1.165) is 37.1 Å². The molecule has 0 bridgehead atoms. The van der Waals surface area contributed by atoms with E-state index in [9.17, 15) is 14.9 Å². The van der Waals surface area contributed by atoms with Gasteiger partial charge in [-0.15, -0.1) is 0 Å². The van der Waals surface area contributed by atoms with Crippen LogP contribution in [0.4, 0.5) is 5.69 Å². The van der Waals surface area contributed by atoms with E-state index in [1.54, 1.807) is 12.1 Å². The van der Waals surface area contributed by atoms with Gasteiger partial charge in [-0.25, -0.2) is 4.99 Å². The van der Waals surface area contributed by atoms with Gasteiger partial charge in [0.25, 0.3) is 5.69 Å². The highest BCUT2D eigenvalue weighted by molar-refractivity contribution is 5.80. The minimum atomic E-state index is -0.417. The fraction of sp³-hybridized carbons (Fsp3) is 0.474. The van der Waals surface area contributed by atoms with E-state index in [0.29, 0.717) is 32.0 Å². The van der Waals surface area contributed by atoms with Gasteiger partial charge < -0.3 is 15.5 Å². The Morgan fingerprint density at radius 3 is 2.67 bits per heavy atom. The second kappa shape index (κ2) is 10.3. The third-order valence-electron chi connectivity index (χ3n) is 4.19. The first-order valence-electron chi connectivity index (χ1n) is 9.13. The van der Waals surface area contributed by atoms with Crippen LogP contribution in [0.15, 0.2) is 41.4 Å². The number of nitro benzene ring substituents is 1. The van der Waals surface area contributed by atoms with Crippen molar-refractivity contribution in [3.05, 3.63) is 52.1 Å². The first kappa shape index (κ1) is 20.4. The molecular weight excluding hydrogens is 346 g/mol. The third-order valence-corrected chi connectivity index (χ3v) is 4.19. The summed E-state index contributed by atoms with van der Waals surface area (Å²) in [5, 5.41) is 17.2. The normalized spacial score (nSPS) is 14.3. The number of benzene rings is 1. The highest BCUT2D eigenvalue weighted by Crippen LogP contribution is 2.12. The summed E-state index contributed by atoms with van der Waals surface area (Å²) < 4.78 is 0. The van der Waals surface area contributed by atoms with Crippen LogP contribution in [-0.4, -0.2) is 47.9 Å². The van der Waals surface area contributed by atoms with Crippen molar-refractivity contribution in [3.63, 3.8) is 0 Å². The predicted molar refractivity (Wildman–Crippen MR) is 105 cm³/mol. The first-order chi connectivity index (χ1) is 13.0. The highest BCUT2D eigenvalue weighted by Gasteiger charge is 2.18. The second-order valence-corrected chi connectivity index (χ2v) is 6.66. The Labute approximate surface area is 159 Å². The van der Waals surface area contributed by atoms with Crippen molar-refractivity contribution in [3.8, 4) is 0 Å². The van der Waals surface area contributed by atoms with Gasteiger partial charge in [-0.05, 0) is 25.3 Å². The number of non-ortho nitro benzene ring substituents is 1. The number of rotatable bonds is 9. The maximum absolute atomic E-state index is 11.6. The fourth-order valence-corrected chi connectivity index (χ4v) is 2.72. The molecule has 1 aromatic rings. The van der Waals surface area contributed by atoms with Crippen LogP contribution in [0.3, 0.4) is 0 Å². The van der Waals surface area contributed by atoms with Crippen molar-refractivity contribution in [1.82, 2.24) is 15.5 Å². The molecule has 1 fully saturated rings. The average molecular weight is 373 g/mol. The van der Waals surface area contributed by atoms with Crippen LogP contribution in [0, 0.1) is 10.1 Å². The number of likely N-dealkylation sites (tertiary alicyclic amines) is 1. The molecule has 2 N–H and O–H groups in total. The molecule has 0 aliphatic carbocycles. The molecule has 0 radical (unpaired) electrons. The first-order valence-corrected chi connectivity index (χ1v) is 9.13. The summed E-state index contributed by atoms with van der Waals surface area (Å²) >= 11 is 0. The number of amides is 1. The molecule has 27 heavy (non-hydrogen) atoms. The van der Waals surface area contributed by atoms with Crippen LogP contribution in [0.1, 0.15) is 31.7 Å². The molecule has 146 valence electrons. The van der Waals surface area contributed by atoms with Gasteiger partial charge in [-0.2, -0.15) is 0 Å². The summed E-state index contributed by atoms with van der Waals surface area (Å²) in [7, 11) is 0. The molecule has 0 unspecified atom stereocenters. The molecule has 0 atom stereocenters. The number of hydrogen-bond acceptors (Lipinski definition) is 4. The zero-order valence-corrected chi connectivity index (χ0v) is 15.7. The number of carbonyl (C=O) groups is 1. The third kappa shape index (κ3) is 7.08. The molecule has 1 aliphatic heterocycles. The lowest BCUT2D eigenvalue weighted by Crippen LogP contribution is -2.39. The molecule has 8 nitrogen and oxygen atoms in total. The Balaban J connectivity index is 1.85. The second-order valence-electron chi connectivity index (χ2n) is 6.66. The monoisotopic (exact) mass is 373 g/mol. The standard InChI is InChI=1S/C19H27N5O3/c1-15(2)13-21-19(20-10-4-12-23-11-3-5-18(23)25)22-14-16-6-8-17(9-7-16)24(26)27/h6-9H,1,3-5,10-14H2,2H3,(H2,20,21,22). The van der Waals surface area contributed by atoms with E-state index >= 15 is 0 Å². The number of hydrogen-bond donors (Lipinski definition) is 2. The van der Waals surface area contributed by atoms with E-state index in [1.807, 2.05) is 11.8 Å². The van der Waals surface area contributed by atoms with Gasteiger partial charge in [0, 0.05) is 44.7 Å². The van der Waals surface area contributed by atoms with Crippen LogP contribution in [0.25, 0.3) is 0 Å². The van der Waals surface area contributed by atoms with Crippen molar-refractivity contribution in [1.29, 1.82) is 0 Å². The number of nitrogens with one attached hydrogen (secondary N) is 2. The lowest BCUT2D eigenvalue weighted by Gasteiger charge is -2.17. The smallest absolute Gasteiger partial charge is 0.269 e. The number of nitrogens with zero attached hydrogens (tertiary/aromatic N) is 3. The van der Waals surface area contributed by atoms with Crippen LogP contribution >= 0.6 is 0 Å². The Hall–Kier alpha value is -2.90. The molecule has 1 heterocycles. The SMILES string of the molecule is C=C(C)CNC(=NCc1ccc([N+](=O)[O-])cc1)NCCCN1CCCC1=O. The van der Waals surface area contributed by atoms with Crippen LogP contribution < -0.4 is 10.6 Å². The van der Waals surface area contributed by atoms with E-state index in [-0.39, 0.29) is 11.6 Å². The van der Waals surface area contributed by atoms with Crippen molar-refractivity contribution in [2.45, 2.75) is 32.7 Å². The molecule has 0 saturated carbocycles. The summed E-state index contributed by atoms with van der Waals surface area (Å²) in [4.78, 5) is 28.3. The van der Waals surface area contributed by atoms with Gasteiger partial charge in [0.1, 0.15) is 0 Å². The summed E-state index contributed by atoms with van der Waals surface area (Å²) in [5.41, 5.74) is 1.94. The topological polar surface area (TPSA) is 99.9 Å². The number of aliphatic imine (C=N–C) groups is 1. The van der Waals surface area contributed by atoms with E-state index in [1.165, 1.54) is 12.1 Å². The lowest BCUT2D eigenvalue weighted by atomic mass is 10.2. The van der Waals surface area contributed by atoms with Crippen LogP contribution in [0.5, 0.6) is 0 Å². The van der Waals surface area contributed by atoms with Crippen molar-refractivity contribution in [2.75, 3.05) is 26.2 Å². The Morgan fingerprint density at radius 2 is 2.07 bits per heavy atom. The molecule has 1 amide bonds. The lowest BCUT2D eigenvalue weighted by molar-refractivity contribution is -0.384. The quantitative estimate of drug-likeness (QED) is 0.173. The zero-order chi connectivity index (χ0) is 19.6. The van der Waals surface area contributed by atoms with Crippen LogP contribution in [0.2, 0.25) is 0 Å². The molecule has 8 heteroatoms. The minimum absolute atomic E-state index is 0.0675. The fourth-order valence-electron chi connectivity index (χ4n) is 2.72. The van der Waals surface area contributed by atoms with Gasteiger partial charge in [0.15, 0.2) is 5.96 Å². The largest absolute Gasteiger partial charge is 0.356 e. The maximum Gasteiger partial charge on any atom is 0.269 e. The summed E-state index contributed by atoms with van der Waals surface area (Å²) in [6, 6.07) is 6.37. The molecule has 0 aromatic heterocycles. The average Bonchev–Trinajstić information content (AvgIpc) is 3.05. The Kier molecular flexibility index (Phi) is 7.79. The molecule has 0 spiro atoms. The van der Waals surface area contributed by atoms with E-state index < -0.39 is 4.92 Å². The van der Waals surface area contributed by atoms with Gasteiger partial charge in [0.05, 0.1) is 11.5 Å². The summed E-state index contributed by atoms with van der Waals surface area (Å²) in [6.45, 7) is 9.13. The molecule has 1 saturated heterocycles. The molecule has 2 rings (SSSR count). The number of guanidine groups is 1. The maximum atomic E-state index is 11.6. The van der Waals surface area contributed by atoms with Crippen molar-refractivity contribution < 1.29 is 9.72 Å². The minimum Gasteiger partial charge on any atom is -0.356 e. The Morgan fingerprint density at radius 1 is 1.33 bits per heavy atom. The van der Waals surface area contributed by atoms with Crippen molar-refractivity contribution in [2.24, 2.45) is 4.99 Å². The summed E-state index contributed by atoms with van der Waals surface area (Å²) in [5.74, 6) is 0.895. The van der Waals surface area contributed by atoms with Gasteiger partial charge >= 0.3 is 0 Å². The zero-order valence-electron chi connectivity index (χ0n) is 15.7. The number of nitro groups is 1. The van der Waals surface area contributed by atoms with Crippen molar-refractivity contribution >= 4 is 17.6 Å². The highest BCUT2D eigenvalue weighted by atomic mass is 16.6. The molecule has 1 aromatic carbocycles. The van der Waals surface area contributed by atoms with E-state index in [2.05, 4.69) is 22.2 Å². The Bertz CT molecular complexity index is 700. The van der Waals surface area contributed by atoms with Gasteiger partial charge in [0.2, 0.25) is 5.91 Å². The number of carbonyl (C=O) groups excluding carboxylic acids is 1. The predicted octanol–water partition coefficient (Wildman–Crippen LogP) is 2.22. The van der Waals surface area contributed by atoms with E-state index in [4.69, 9.17) is 0 Å². The van der Waals surface area contributed by atoms with Gasteiger partial charge in [-0.3, -0.25) is 14.9 Å².